The number of carbonyl (C=O) groups is 1. The first-order chi connectivity index (χ1) is 12.4. The third-order valence-electron chi connectivity index (χ3n) is 2.49. The summed E-state index contributed by atoms with van der Waals surface area (Å²) in [5, 5.41) is 0. The fourth-order valence-corrected chi connectivity index (χ4v) is 1.38. The zero-order valence-corrected chi connectivity index (χ0v) is 14.7. The van der Waals surface area contributed by atoms with Crippen LogP contribution in [0.15, 0.2) is 134 Å². The summed E-state index contributed by atoms with van der Waals surface area (Å²) in [6.45, 7) is 1.99. The summed E-state index contributed by atoms with van der Waals surface area (Å²) in [7, 11) is 0. The van der Waals surface area contributed by atoms with Crippen LogP contribution in [0.3, 0.4) is 0 Å². The van der Waals surface area contributed by atoms with Crippen molar-refractivity contribution in [1.29, 1.82) is 0 Å². The fourth-order valence-electron chi connectivity index (χ4n) is 1.38. The van der Waals surface area contributed by atoms with Gasteiger partial charge in [0.25, 0.3) is 0 Å². The van der Waals surface area contributed by atoms with Crippen LogP contribution in [0.4, 0.5) is 0 Å². The van der Waals surface area contributed by atoms with Gasteiger partial charge in [-0.2, -0.15) is 0 Å². The molecular weight excluding hydrogens is 304 g/mol. The Kier molecular flexibility index (Phi) is 18.2. The van der Waals surface area contributed by atoms with Crippen LogP contribution in [0.1, 0.15) is 6.92 Å². The summed E-state index contributed by atoms with van der Waals surface area (Å²) in [5.41, 5.74) is 0. The normalized spacial score (nSPS) is 14.6. The van der Waals surface area contributed by atoms with Crippen molar-refractivity contribution in [3.63, 3.8) is 0 Å². The van der Waals surface area contributed by atoms with E-state index in [4.69, 9.17) is 0 Å². The average Bonchev–Trinajstić information content (AvgIpc) is 2.63. The number of hydrogen-bond donors (Lipinski definition) is 0. The Balaban J connectivity index is 3.92. The van der Waals surface area contributed by atoms with Gasteiger partial charge in [-0.3, -0.25) is 4.79 Å². The van der Waals surface area contributed by atoms with Crippen molar-refractivity contribution < 1.29 is 4.79 Å². The fraction of sp³-hybridized carbons (Fsp3) is 0.0417. The van der Waals surface area contributed by atoms with E-state index >= 15 is 0 Å². The van der Waals surface area contributed by atoms with E-state index in [2.05, 4.69) is 0 Å². The quantitative estimate of drug-likeness (QED) is 0.246. The summed E-state index contributed by atoms with van der Waals surface area (Å²) in [6.07, 6.45) is 43.0. The zero-order chi connectivity index (χ0) is 18.3. The molecule has 0 heterocycles. The van der Waals surface area contributed by atoms with Gasteiger partial charge in [-0.05, 0) is 13.0 Å². The van der Waals surface area contributed by atoms with Crippen molar-refractivity contribution >= 4 is 6.29 Å². The summed E-state index contributed by atoms with van der Waals surface area (Å²) >= 11 is 0. The van der Waals surface area contributed by atoms with E-state index in [1.165, 1.54) is 6.08 Å². The molecule has 0 fully saturated rings. The van der Waals surface area contributed by atoms with E-state index in [9.17, 15) is 4.79 Å². The topological polar surface area (TPSA) is 17.1 Å². The Morgan fingerprint density at radius 2 is 0.520 bits per heavy atom. The highest BCUT2D eigenvalue weighted by Crippen LogP contribution is 1.87. The molecule has 0 amide bonds. The molecule has 0 N–H and O–H groups in total. The van der Waals surface area contributed by atoms with Crippen molar-refractivity contribution in [1.82, 2.24) is 0 Å². The number of allylic oxidation sites excluding steroid dienone is 22. The van der Waals surface area contributed by atoms with Gasteiger partial charge in [-0.15, -0.1) is 0 Å². The van der Waals surface area contributed by atoms with Gasteiger partial charge in [-0.25, -0.2) is 0 Å². The third kappa shape index (κ3) is 20.8. The van der Waals surface area contributed by atoms with Crippen molar-refractivity contribution in [2.75, 3.05) is 0 Å². The smallest absolute Gasteiger partial charge is 0.142 e. The molecule has 0 aromatic heterocycles. The summed E-state index contributed by atoms with van der Waals surface area (Å²) in [6, 6.07) is 0. The van der Waals surface area contributed by atoms with E-state index in [1.54, 1.807) is 12.2 Å². The van der Waals surface area contributed by atoms with E-state index in [0.717, 1.165) is 6.29 Å². The second-order valence-corrected chi connectivity index (χ2v) is 4.51. The van der Waals surface area contributed by atoms with E-state index in [1.807, 2.05) is 122 Å². The second kappa shape index (κ2) is 20.8. The van der Waals surface area contributed by atoms with Crippen LogP contribution in [-0.2, 0) is 4.79 Å². The zero-order valence-electron chi connectivity index (χ0n) is 14.7. The van der Waals surface area contributed by atoms with Crippen molar-refractivity contribution in [3.05, 3.63) is 134 Å². The van der Waals surface area contributed by atoms with Crippen molar-refractivity contribution in [2.45, 2.75) is 6.92 Å². The molecule has 0 aliphatic heterocycles. The van der Waals surface area contributed by atoms with Gasteiger partial charge < -0.3 is 0 Å². The Labute approximate surface area is 152 Å². The molecular formula is C24H26O. The van der Waals surface area contributed by atoms with Crippen molar-refractivity contribution in [2.24, 2.45) is 0 Å². The van der Waals surface area contributed by atoms with Crippen LogP contribution in [0.25, 0.3) is 0 Å². The van der Waals surface area contributed by atoms with Crippen LogP contribution in [0, 0.1) is 0 Å². The molecule has 0 aromatic rings. The molecule has 0 bridgehead atoms. The lowest BCUT2D eigenvalue weighted by molar-refractivity contribution is -0.104. The first-order valence-electron chi connectivity index (χ1n) is 8.15. The summed E-state index contributed by atoms with van der Waals surface area (Å²) in [4.78, 5) is 10.0. The minimum absolute atomic E-state index is 0.750. The first-order valence-corrected chi connectivity index (χ1v) is 8.15. The Bertz CT molecular complexity index is 640. The largest absolute Gasteiger partial charge is 0.299 e. The minimum atomic E-state index is 0.750. The van der Waals surface area contributed by atoms with Crippen LogP contribution < -0.4 is 0 Å². The predicted molar refractivity (Wildman–Crippen MR) is 112 cm³/mol. The Morgan fingerprint density at radius 3 is 0.720 bits per heavy atom. The molecule has 1 nitrogen and oxygen atoms in total. The third-order valence-corrected chi connectivity index (χ3v) is 2.49. The molecule has 0 saturated carbocycles. The van der Waals surface area contributed by atoms with Gasteiger partial charge in [0.05, 0.1) is 0 Å². The highest BCUT2D eigenvalue weighted by Gasteiger charge is 1.65. The molecule has 0 aromatic carbocycles. The monoisotopic (exact) mass is 330 g/mol. The predicted octanol–water partition coefficient (Wildman–Crippen LogP) is 6.32. The lowest BCUT2D eigenvalue weighted by Gasteiger charge is -1.76. The van der Waals surface area contributed by atoms with Crippen molar-refractivity contribution in [3.8, 4) is 0 Å². The van der Waals surface area contributed by atoms with Gasteiger partial charge in [-0.1, -0.05) is 128 Å². The highest BCUT2D eigenvalue weighted by molar-refractivity contribution is 5.65. The molecule has 0 saturated heterocycles. The number of rotatable bonds is 11. The maximum Gasteiger partial charge on any atom is 0.142 e. The van der Waals surface area contributed by atoms with Crippen LogP contribution >= 0.6 is 0 Å². The van der Waals surface area contributed by atoms with Gasteiger partial charge in [0.2, 0.25) is 0 Å². The lowest BCUT2D eigenvalue weighted by Crippen LogP contribution is -1.56. The van der Waals surface area contributed by atoms with Gasteiger partial charge in [0.1, 0.15) is 6.29 Å². The number of hydrogen-bond acceptors (Lipinski definition) is 1. The SMILES string of the molecule is CC=CC=CC=CC=CC=CC=CC=CC=CC=CC=CC=CC=O. The lowest BCUT2D eigenvalue weighted by atomic mass is 10.3. The van der Waals surface area contributed by atoms with Gasteiger partial charge in [0, 0.05) is 0 Å². The van der Waals surface area contributed by atoms with E-state index < -0.39 is 0 Å². The maximum absolute atomic E-state index is 10.0. The Hall–Kier alpha value is -3.19. The second-order valence-electron chi connectivity index (χ2n) is 4.51. The van der Waals surface area contributed by atoms with Crippen LogP contribution in [-0.4, -0.2) is 6.29 Å². The molecule has 0 atom stereocenters. The van der Waals surface area contributed by atoms with E-state index in [0.29, 0.717) is 0 Å². The number of aldehydes is 1. The van der Waals surface area contributed by atoms with E-state index in [-0.39, 0.29) is 0 Å². The minimum Gasteiger partial charge on any atom is -0.299 e. The molecule has 0 spiro atoms. The Morgan fingerprint density at radius 1 is 0.320 bits per heavy atom. The highest BCUT2D eigenvalue weighted by atomic mass is 16.1. The average molecular weight is 330 g/mol. The van der Waals surface area contributed by atoms with Gasteiger partial charge >= 0.3 is 0 Å². The molecule has 0 radical (unpaired) electrons. The molecule has 0 aliphatic carbocycles. The summed E-state index contributed by atoms with van der Waals surface area (Å²) < 4.78 is 0. The maximum atomic E-state index is 10.0. The molecule has 128 valence electrons. The summed E-state index contributed by atoms with van der Waals surface area (Å²) in [5.74, 6) is 0. The number of carbonyl (C=O) groups excluding carboxylic acids is 1. The van der Waals surface area contributed by atoms with Crippen LogP contribution in [0.2, 0.25) is 0 Å². The molecule has 0 unspecified atom stereocenters. The standard InChI is InChI=1S/C24H26O/c1-2-3-4-5-6-7-8-9-10-11-12-13-14-15-16-17-18-19-20-21-22-23-24-25/h2-24H,1H3. The van der Waals surface area contributed by atoms with Gasteiger partial charge in [0.15, 0.2) is 0 Å². The van der Waals surface area contributed by atoms with Crippen LogP contribution in [0.5, 0.6) is 0 Å². The molecule has 25 heavy (non-hydrogen) atoms. The molecule has 1 heteroatoms. The molecule has 0 aliphatic rings. The molecule has 0 rings (SSSR count). The first kappa shape index (κ1) is 21.8.